The third-order valence-corrected chi connectivity index (χ3v) is 6.64. The summed E-state index contributed by atoms with van der Waals surface area (Å²) < 4.78 is 17.7. The Morgan fingerprint density at radius 2 is 1.74 bits per heavy atom. The van der Waals surface area contributed by atoms with Crippen molar-refractivity contribution < 1.29 is 23.8 Å². The number of aromatic nitrogens is 4. The third-order valence-electron chi connectivity index (χ3n) is 5.89. The zero-order chi connectivity index (χ0) is 27.4. The fraction of sp³-hybridized carbons (Fsp3) is 0.269. The van der Waals surface area contributed by atoms with Gasteiger partial charge >= 0.3 is 0 Å². The average Bonchev–Trinajstić information content (AvgIpc) is 3.63. The summed E-state index contributed by atoms with van der Waals surface area (Å²) in [6, 6.07) is 7.83. The lowest BCUT2D eigenvalue weighted by molar-refractivity contribution is -0.118. The van der Waals surface area contributed by atoms with E-state index in [1.807, 2.05) is 19.2 Å². The number of amides is 1. The highest BCUT2D eigenvalue weighted by atomic mass is 35.5. The van der Waals surface area contributed by atoms with Crippen LogP contribution < -0.4 is 25.3 Å². The van der Waals surface area contributed by atoms with Gasteiger partial charge in [-0.15, -0.1) is 23.7 Å². The van der Waals surface area contributed by atoms with E-state index in [1.165, 1.54) is 50.0 Å². The highest BCUT2D eigenvalue weighted by molar-refractivity contribution is 7.14. The van der Waals surface area contributed by atoms with E-state index in [4.69, 9.17) is 19.9 Å². The lowest BCUT2D eigenvalue weighted by Gasteiger charge is -2.15. The SMILES string of the molecule is COc1cc(C(=O)c2ccc(-c3csc(NC(=O)[C@@H](N)C(C)C)n3)cc2-n2cncn2)cc(OC)c1OC.Cl. The number of rotatable bonds is 10. The number of halogens is 1. The van der Waals surface area contributed by atoms with Crippen molar-refractivity contribution in [2.75, 3.05) is 26.6 Å². The number of nitrogens with zero attached hydrogens (tertiary/aromatic N) is 4. The number of ketones is 1. The number of benzene rings is 2. The van der Waals surface area contributed by atoms with Gasteiger partial charge in [0.2, 0.25) is 11.7 Å². The third kappa shape index (κ3) is 6.19. The van der Waals surface area contributed by atoms with Crippen LogP contribution in [0.5, 0.6) is 17.2 Å². The van der Waals surface area contributed by atoms with Crippen molar-refractivity contribution >= 4 is 40.6 Å². The first-order valence-electron chi connectivity index (χ1n) is 11.6. The molecule has 0 aliphatic rings. The number of carbonyl (C=O) groups excluding carboxylic acids is 2. The fourth-order valence-electron chi connectivity index (χ4n) is 3.73. The van der Waals surface area contributed by atoms with E-state index in [0.717, 1.165) is 5.56 Å². The smallest absolute Gasteiger partial charge is 0.243 e. The topological polar surface area (TPSA) is 143 Å². The Morgan fingerprint density at radius 3 is 2.31 bits per heavy atom. The van der Waals surface area contributed by atoms with Crippen molar-refractivity contribution in [2.24, 2.45) is 11.7 Å². The van der Waals surface area contributed by atoms with E-state index < -0.39 is 6.04 Å². The molecule has 2 heterocycles. The minimum Gasteiger partial charge on any atom is -0.493 e. The standard InChI is InChI=1S/C26H28N6O5S.ClH/c1-14(2)22(27)25(34)31-26-30-18(11-38-26)15-6-7-17(19(8-15)32-13-28-12-29-32)23(33)16-9-20(35-3)24(37-5)21(10-16)36-4;/h6-14,22H,27H2,1-5H3,(H,30,31,34);1H/t22-;/m0./s1. The first-order chi connectivity index (χ1) is 18.3. The normalized spacial score (nSPS) is 11.5. The van der Waals surface area contributed by atoms with Gasteiger partial charge in [0.25, 0.3) is 0 Å². The van der Waals surface area contributed by atoms with Crippen LogP contribution in [0.25, 0.3) is 16.9 Å². The first-order valence-corrected chi connectivity index (χ1v) is 12.5. The second-order valence-electron chi connectivity index (χ2n) is 8.61. The first kappa shape index (κ1) is 29.6. The Morgan fingerprint density at radius 1 is 1.05 bits per heavy atom. The Kier molecular flexibility index (Phi) is 9.62. The van der Waals surface area contributed by atoms with Gasteiger partial charge in [-0.25, -0.2) is 14.6 Å². The summed E-state index contributed by atoms with van der Waals surface area (Å²) in [4.78, 5) is 34.6. The van der Waals surface area contributed by atoms with E-state index >= 15 is 0 Å². The quantitative estimate of drug-likeness (QED) is 0.269. The molecule has 4 rings (SSSR count). The van der Waals surface area contributed by atoms with Crippen LogP contribution in [0.1, 0.15) is 29.8 Å². The number of hydrogen-bond donors (Lipinski definition) is 2. The molecule has 1 atom stereocenters. The van der Waals surface area contributed by atoms with Crippen molar-refractivity contribution in [1.29, 1.82) is 0 Å². The van der Waals surface area contributed by atoms with Crippen LogP contribution in [0.3, 0.4) is 0 Å². The number of thiazole rings is 1. The van der Waals surface area contributed by atoms with Gasteiger partial charge < -0.3 is 25.3 Å². The summed E-state index contributed by atoms with van der Waals surface area (Å²) >= 11 is 1.28. The minimum atomic E-state index is -0.637. The van der Waals surface area contributed by atoms with Crippen molar-refractivity contribution in [1.82, 2.24) is 19.7 Å². The monoisotopic (exact) mass is 572 g/mol. The van der Waals surface area contributed by atoms with Gasteiger partial charge in [0.05, 0.1) is 38.8 Å². The molecule has 13 heteroatoms. The summed E-state index contributed by atoms with van der Waals surface area (Å²) in [5.74, 6) is 0.534. The van der Waals surface area contributed by atoms with E-state index in [9.17, 15) is 9.59 Å². The molecule has 0 radical (unpaired) electrons. The van der Waals surface area contributed by atoms with Crippen molar-refractivity contribution in [2.45, 2.75) is 19.9 Å². The summed E-state index contributed by atoms with van der Waals surface area (Å²) in [6.45, 7) is 3.76. The van der Waals surface area contributed by atoms with Crippen molar-refractivity contribution in [3.63, 3.8) is 0 Å². The van der Waals surface area contributed by atoms with Crippen LogP contribution in [-0.4, -0.2) is 58.8 Å². The molecule has 4 aromatic rings. The van der Waals surface area contributed by atoms with Gasteiger partial charge in [-0.3, -0.25) is 9.59 Å². The summed E-state index contributed by atoms with van der Waals surface area (Å²) in [7, 11) is 4.47. The van der Waals surface area contributed by atoms with Gasteiger partial charge in [0.15, 0.2) is 22.4 Å². The van der Waals surface area contributed by atoms with Gasteiger partial charge in [0, 0.05) is 22.1 Å². The molecule has 0 fully saturated rings. The van der Waals surface area contributed by atoms with Crippen molar-refractivity contribution in [3.05, 3.63) is 59.5 Å². The van der Waals surface area contributed by atoms with Gasteiger partial charge in [-0.05, 0) is 30.2 Å². The maximum atomic E-state index is 13.7. The molecule has 39 heavy (non-hydrogen) atoms. The Labute approximate surface area is 235 Å². The van der Waals surface area contributed by atoms with Crippen LogP contribution in [-0.2, 0) is 4.79 Å². The Hall–Kier alpha value is -4.00. The second-order valence-corrected chi connectivity index (χ2v) is 9.47. The molecule has 2 aromatic carbocycles. The van der Waals surface area contributed by atoms with Crippen LogP contribution in [0, 0.1) is 5.92 Å². The fourth-order valence-corrected chi connectivity index (χ4v) is 4.45. The molecule has 0 bridgehead atoms. The van der Waals surface area contributed by atoms with Crippen molar-refractivity contribution in [3.8, 4) is 34.2 Å². The van der Waals surface area contributed by atoms with E-state index in [2.05, 4.69) is 20.4 Å². The number of anilines is 1. The zero-order valence-corrected chi connectivity index (χ0v) is 23.6. The number of nitrogens with two attached hydrogens (primary N) is 1. The van der Waals surface area contributed by atoms with E-state index in [-0.39, 0.29) is 30.0 Å². The van der Waals surface area contributed by atoms with Crippen LogP contribution in [0.15, 0.2) is 48.4 Å². The molecule has 0 saturated heterocycles. The lowest BCUT2D eigenvalue weighted by Crippen LogP contribution is -2.39. The molecule has 206 valence electrons. The molecule has 0 saturated carbocycles. The van der Waals surface area contributed by atoms with Crippen LogP contribution >= 0.6 is 23.7 Å². The zero-order valence-electron chi connectivity index (χ0n) is 22.0. The molecular weight excluding hydrogens is 544 g/mol. The highest BCUT2D eigenvalue weighted by Gasteiger charge is 2.22. The van der Waals surface area contributed by atoms with Gasteiger partial charge in [0.1, 0.15) is 12.7 Å². The van der Waals surface area contributed by atoms with Gasteiger partial charge in [-0.1, -0.05) is 19.9 Å². The van der Waals surface area contributed by atoms with Crippen LogP contribution in [0.2, 0.25) is 0 Å². The molecule has 1 amide bonds. The van der Waals surface area contributed by atoms with Crippen LogP contribution in [0.4, 0.5) is 5.13 Å². The Bertz CT molecular complexity index is 1430. The average molecular weight is 573 g/mol. The molecule has 3 N–H and O–H groups in total. The highest BCUT2D eigenvalue weighted by Crippen LogP contribution is 2.39. The molecule has 11 nitrogen and oxygen atoms in total. The van der Waals surface area contributed by atoms with E-state index in [0.29, 0.717) is 44.9 Å². The molecule has 0 aliphatic carbocycles. The lowest BCUT2D eigenvalue weighted by atomic mass is 9.98. The number of nitrogens with one attached hydrogen (secondary N) is 1. The largest absolute Gasteiger partial charge is 0.493 e. The molecule has 2 aromatic heterocycles. The number of carbonyl (C=O) groups is 2. The number of ether oxygens (including phenoxy) is 3. The molecule has 0 spiro atoms. The minimum absolute atomic E-state index is 0. The summed E-state index contributed by atoms with van der Waals surface area (Å²) in [6.07, 6.45) is 2.89. The second kappa shape index (κ2) is 12.7. The maximum Gasteiger partial charge on any atom is 0.243 e. The summed E-state index contributed by atoms with van der Waals surface area (Å²) in [5.41, 5.74) is 8.50. The predicted molar refractivity (Wildman–Crippen MR) is 151 cm³/mol. The van der Waals surface area contributed by atoms with E-state index in [1.54, 1.807) is 30.3 Å². The molecule has 0 unspecified atom stereocenters. The number of hydrogen-bond acceptors (Lipinski definition) is 10. The molecular formula is C26H29ClN6O5S. The Balaban J connectivity index is 0.00000420. The predicted octanol–water partition coefficient (Wildman–Crippen LogP) is 3.99. The molecule has 0 aliphatic heterocycles. The summed E-state index contributed by atoms with van der Waals surface area (Å²) in [5, 5.41) is 9.24. The van der Waals surface area contributed by atoms with Gasteiger partial charge in [-0.2, -0.15) is 5.10 Å². The maximum absolute atomic E-state index is 13.7. The number of methoxy groups -OCH3 is 3.